The molecule has 0 aliphatic heterocycles. The Balaban J connectivity index is 1.57. The van der Waals surface area contributed by atoms with Gasteiger partial charge in [0.1, 0.15) is 0 Å². The molecule has 0 aromatic heterocycles. The molecule has 10 atom stereocenters. The van der Waals surface area contributed by atoms with E-state index in [1.54, 1.807) is 0 Å². The molecule has 5 aliphatic rings. The minimum atomic E-state index is -0.120. The number of hydrogen-bond acceptors (Lipinski definition) is 1. The van der Waals surface area contributed by atoms with Gasteiger partial charge in [-0.3, -0.25) is 0 Å². The summed E-state index contributed by atoms with van der Waals surface area (Å²) in [5, 5.41) is 10.9. The van der Waals surface area contributed by atoms with E-state index in [1.807, 2.05) is 5.57 Å². The number of fused-ring (bicyclic) bond motifs is 7. The molecule has 5 rings (SSSR count). The monoisotopic (exact) mass is 412 g/mol. The van der Waals surface area contributed by atoms with Gasteiger partial charge in [0.2, 0.25) is 0 Å². The van der Waals surface area contributed by atoms with Crippen LogP contribution < -0.4 is 0 Å². The Morgan fingerprint density at radius 1 is 0.833 bits per heavy atom. The molecule has 1 heteroatoms. The zero-order valence-corrected chi connectivity index (χ0v) is 20.9. The van der Waals surface area contributed by atoms with Crippen molar-refractivity contribution in [1.29, 1.82) is 0 Å². The van der Waals surface area contributed by atoms with Crippen molar-refractivity contribution in [2.45, 2.75) is 112 Å². The van der Waals surface area contributed by atoms with Crippen molar-refractivity contribution in [3.63, 3.8) is 0 Å². The Labute approximate surface area is 186 Å². The van der Waals surface area contributed by atoms with Crippen molar-refractivity contribution >= 4 is 0 Å². The summed E-state index contributed by atoms with van der Waals surface area (Å²) in [5.41, 5.74) is 3.14. The van der Waals surface area contributed by atoms with Gasteiger partial charge in [-0.15, -0.1) is 0 Å². The van der Waals surface area contributed by atoms with Crippen LogP contribution in [0, 0.1) is 57.2 Å². The molecule has 5 aliphatic carbocycles. The van der Waals surface area contributed by atoms with Crippen molar-refractivity contribution < 1.29 is 5.11 Å². The molecule has 0 spiro atoms. The number of hydrogen-bond donors (Lipinski definition) is 1. The lowest BCUT2D eigenvalue weighted by Gasteiger charge is -2.70. The van der Waals surface area contributed by atoms with Gasteiger partial charge >= 0.3 is 0 Å². The van der Waals surface area contributed by atoms with Gasteiger partial charge in [-0.2, -0.15) is 0 Å². The summed E-state index contributed by atoms with van der Waals surface area (Å²) in [4.78, 5) is 0. The number of aliphatic hydroxyl groups is 1. The maximum absolute atomic E-state index is 10.9. The first kappa shape index (κ1) is 21.5. The van der Waals surface area contributed by atoms with Crippen LogP contribution >= 0.6 is 0 Å². The third kappa shape index (κ3) is 2.51. The van der Waals surface area contributed by atoms with E-state index in [1.165, 1.54) is 51.4 Å². The SMILES string of the molecule is C[C@@H]1[C@H]2C3=CC[C@@H]4[C@@]5(C)CCC(O)C(C)(C)C5CC[C@@]4(C)[C@]3(C)CC[C@H]2CC[C@H]1C. The summed E-state index contributed by atoms with van der Waals surface area (Å²) in [6, 6.07) is 0. The smallest absolute Gasteiger partial charge is 0.0594 e. The average molecular weight is 413 g/mol. The van der Waals surface area contributed by atoms with E-state index in [0.29, 0.717) is 22.2 Å². The first-order valence-corrected chi connectivity index (χ1v) is 13.4. The van der Waals surface area contributed by atoms with Crippen LogP contribution in [0.15, 0.2) is 11.6 Å². The second kappa shape index (κ2) is 6.61. The second-order valence-electron chi connectivity index (χ2n) is 13.9. The molecule has 1 N–H and O–H groups in total. The van der Waals surface area contributed by atoms with Gasteiger partial charge in [0.05, 0.1) is 6.10 Å². The van der Waals surface area contributed by atoms with E-state index in [-0.39, 0.29) is 11.5 Å². The van der Waals surface area contributed by atoms with Gasteiger partial charge < -0.3 is 5.11 Å². The van der Waals surface area contributed by atoms with Crippen molar-refractivity contribution in [3.8, 4) is 0 Å². The Morgan fingerprint density at radius 2 is 1.57 bits per heavy atom. The summed E-state index contributed by atoms with van der Waals surface area (Å²) in [5.74, 6) is 4.97. The Hall–Kier alpha value is -0.300. The molecule has 0 saturated heterocycles. The van der Waals surface area contributed by atoms with E-state index in [2.05, 4.69) is 54.5 Å². The average Bonchev–Trinajstić information content (AvgIpc) is 2.68. The van der Waals surface area contributed by atoms with Crippen LogP contribution in [0.4, 0.5) is 0 Å². The van der Waals surface area contributed by atoms with Crippen LogP contribution in [-0.2, 0) is 0 Å². The Kier molecular flexibility index (Phi) is 4.75. The lowest BCUT2D eigenvalue weighted by atomic mass is 9.34. The fourth-order valence-electron chi connectivity index (χ4n) is 10.5. The normalized spacial score (nSPS) is 57.3. The van der Waals surface area contributed by atoms with E-state index in [0.717, 1.165) is 36.0 Å². The predicted molar refractivity (Wildman–Crippen MR) is 126 cm³/mol. The lowest BCUT2D eigenvalue weighted by molar-refractivity contribution is -0.200. The predicted octanol–water partition coefficient (Wildman–Crippen LogP) is 7.63. The van der Waals surface area contributed by atoms with Crippen LogP contribution in [0.1, 0.15) is 106 Å². The first-order valence-electron chi connectivity index (χ1n) is 13.4. The maximum Gasteiger partial charge on any atom is 0.0594 e. The molecule has 0 amide bonds. The summed E-state index contributed by atoms with van der Waals surface area (Å²) >= 11 is 0. The molecule has 1 nitrogen and oxygen atoms in total. The fourth-order valence-corrected chi connectivity index (χ4v) is 10.5. The summed E-state index contributed by atoms with van der Waals surface area (Å²) < 4.78 is 0. The number of aliphatic hydroxyl groups excluding tert-OH is 1. The molecular formula is C29H48O. The van der Waals surface area contributed by atoms with E-state index in [4.69, 9.17) is 0 Å². The van der Waals surface area contributed by atoms with E-state index >= 15 is 0 Å². The highest BCUT2D eigenvalue weighted by Crippen LogP contribution is 2.74. The summed E-state index contributed by atoms with van der Waals surface area (Å²) in [7, 11) is 0. The van der Waals surface area contributed by atoms with Gasteiger partial charge in [0.25, 0.3) is 0 Å². The van der Waals surface area contributed by atoms with Crippen molar-refractivity contribution in [3.05, 3.63) is 11.6 Å². The molecule has 0 aromatic carbocycles. The third-order valence-corrected chi connectivity index (χ3v) is 12.8. The molecule has 0 bridgehead atoms. The van der Waals surface area contributed by atoms with Gasteiger partial charge in [-0.25, -0.2) is 0 Å². The van der Waals surface area contributed by atoms with Gasteiger partial charge in [0, 0.05) is 0 Å². The fraction of sp³-hybridized carbons (Fsp3) is 0.931. The zero-order valence-electron chi connectivity index (χ0n) is 20.9. The van der Waals surface area contributed by atoms with Crippen LogP contribution in [0.2, 0.25) is 0 Å². The molecule has 0 heterocycles. The molecule has 4 saturated carbocycles. The summed E-state index contributed by atoms with van der Waals surface area (Å²) in [6.07, 6.45) is 14.7. The highest BCUT2D eigenvalue weighted by molar-refractivity contribution is 5.32. The van der Waals surface area contributed by atoms with Crippen LogP contribution in [0.3, 0.4) is 0 Å². The Bertz CT molecular complexity index is 733. The van der Waals surface area contributed by atoms with E-state index < -0.39 is 0 Å². The molecule has 30 heavy (non-hydrogen) atoms. The zero-order chi connectivity index (χ0) is 21.7. The second-order valence-corrected chi connectivity index (χ2v) is 13.9. The first-order chi connectivity index (χ1) is 14.0. The van der Waals surface area contributed by atoms with Crippen LogP contribution in [-0.4, -0.2) is 11.2 Å². The molecule has 0 aromatic rings. The minimum Gasteiger partial charge on any atom is -0.393 e. The molecule has 170 valence electrons. The van der Waals surface area contributed by atoms with Crippen molar-refractivity contribution in [2.75, 3.05) is 0 Å². The van der Waals surface area contributed by atoms with Crippen molar-refractivity contribution in [2.24, 2.45) is 57.2 Å². The van der Waals surface area contributed by atoms with Gasteiger partial charge in [0.15, 0.2) is 0 Å². The highest BCUT2D eigenvalue weighted by Gasteiger charge is 2.66. The van der Waals surface area contributed by atoms with Gasteiger partial charge in [-0.1, -0.05) is 66.5 Å². The van der Waals surface area contributed by atoms with Gasteiger partial charge in [-0.05, 0) is 109 Å². The standard InChI is InChI=1S/C29H48O/c1-18-8-9-20-12-16-28(6)21(25(20)19(18)2)10-11-23-27(5)15-14-24(30)26(3,4)22(27)13-17-29(23,28)7/h10,18-20,22-25,30H,8-9,11-17H2,1-7H3/t18-,19+,20-,22?,23-,24?,25-,27+,28-,29-/m1/s1. The summed E-state index contributed by atoms with van der Waals surface area (Å²) in [6.45, 7) is 17.9. The number of allylic oxidation sites excluding steroid dienone is 2. The maximum atomic E-state index is 10.9. The largest absolute Gasteiger partial charge is 0.393 e. The Morgan fingerprint density at radius 3 is 2.30 bits per heavy atom. The van der Waals surface area contributed by atoms with Crippen LogP contribution in [0.5, 0.6) is 0 Å². The van der Waals surface area contributed by atoms with Crippen LogP contribution in [0.25, 0.3) is 0 Å². The third-order valence-electron chi connectivity index (χ3n) is 12.8. The molecule has 0 radical (unpaired) electrons. The molecular weight excluding hydrogens is 364 g/mol. The topological polar surface area (TPSA) is 20.2 Å². The highest BCUT2D eigenvalue weighted by atomic mass is 16.3. The lowest BCUT2D eigenvalue weighted by Crippen LogP contribution is -2.64. The molecule has 2 unspecified atom stereocenters. The quantitative estimate of drug-likeness (QED) is 0.405. The number of rotatable bonds is 0. The molecule has 4 fully saturated rings. The van der Waals surface area contributed by atoms with E-state index in [9.17, 15) is 5.11 Å². The minimum absolute atomic E-state index is 0.0597. The van der Waals surface area contributed by atoms with Crippen molar-refractivity contribution in [1.82, 2.24) is 0 Å².